The Morgan fingerprint density at radius 2 is 0.800 bits per heavy atom. The van der Waals surface area contributed by atoms with E-state index in [9.17, 15) is 0 Å². The molecule has 0 radical (unpaired) electrons. The van der Waals surface area contributed by atoms with Crippen LogP contribution in [0.15, 0.2) is 97.1 Å². The Morgan fingerprint density at radius 3 is 1.20 bits per heavy atom. The molecule has 7 aromatic rings. The highest BCUT2D eigenvalue weighted by Gasteiger charge is 2.11. The molecule has 2 aromatic heterocycles. The van der Waals surface area contributed by atoms with Gasteiger partial charge in [-0.15, -0.1) is 22.7 Å². The van der Waals surface area contributed by atoms with Crippen molar-refractivity contribution < 1.29 is 0 Å². The Labute approximate surface area is 244 Å². The number of aryl methyl sites for hydroxylation is 6. The molecule has 198 valence electrons. The van der Waals surface area contributed by atoms with Gasteiger partial charge in [0.25, 0.3) is 0 Å². The molecule has 0 spiro atoms. The fourth-order valence-corrected chi connectivity index (χ4v) is 8.11. The van der Waals surface area contributed by atoms with Gasteiger partial charge in [0.2, 0.25) is 0 Å². The number of hydrogen-bond acceptors (Lipinski definition) is 2. The number of rotatable bonds is 8. The summed E-state index contributed by atoms with van der Waals surface area (Å²) < 4.78 is 2.79. The van der Waals surface area contributed by atoms with Gasteiger partial charge >= 0.3 is 0 Å². The van der Waals surface area contributed by atoms with Crippen LogP contribution in [0.2, 0.25) is 0 Å². The fourth-order valence-electron chi connectivity index (χ4n) is 5.96. The molecule has 0 fully saturated rings. The Bertz CT molecular complexity index is 1800. The predicted molar refractivity (Wildman–Crippen MR) is 179 cm³/mol. The van der Waals surface area contributed by atoms with Crippen molar-refractivity contribution in [3.05, 3.63) is 129 Å². The van der Waals surface area contributed by atoms with E-state index in [1.54, 1.807) is 0 Å². The highest BCUT2D eigenvalue weighted by Crippen LogP contribution is 2.38. The quantitative estimate of drug-likeness (QED) is 0.164. The average Bonchev–Trinajstić information content (AvgIpc) is 3.63. The van der Waals surface area contributed by atoms with Crippen LogP contribution >= 0.6 is 22.7 Å². The molecule has 0 atom stereocenters. The van der Waals surface area contributed by atoms with Crippen molar-refractivity contribution in [3.63, 3.8) is 0 Å². The van der Waals surface area contributed by atoms with E-state index in [0.29, 0.717) is 0 Å². The molecule has 0 nitrogen and oxygen atoms in total. The molecule has 40 heavy (non-hydrogen) atoms. The summed E-state index contributed by atoms with van der Waals surface area (Å²) in [5.41, 5.74) is 5.69. The highest BCUT2D eigenvalue weighted by molar-refractivity contribution is 7.19. The zero-order valence-electron chi connectivity index (χ0n) is 23.3. The van der Waals surface area contributed by atoms with Crippen LogP contribution < -0.4 is 0 Å². The lowest BCUT2D eigenvalue weighted by molar-refractivity contribution is 0.977. The largest absolute Gasteiger partial charge is 0.140 e. The first kappa shape index (κ1) is 25.5. The van der Waals surface area contributed by atoms with Gasteiger partial charge in [-0.25, -0.2) is 0 Å². The lowest BCUT2D eigenvalue weighted by atomic mass is 9.98. The van der Waals surface area contributed by atoms with Gasteiger partial charge < -0.3 is 0 Å². The van der Waals surface area contributed by atoms with E-state index in [2.05, 4.69) is 111 Å². The monoisotopic (exact) mass is 554 g/mol. The molecule has 0 bridgehead atoms. The predicted octanol–water partition coefficient (Wildman–Crippen LogP) is 11.1. The SMILES string of the molecule is CCc1ccc(CCc2cc3c(ccc4cc5c(ccc6sc(CCc7ccc(CC)cc7)cc65)cc43)s2)cc1. The van der Waals surface area contributed by atoms with Crippen molar-refractivity contribution in [2.24, 2.45) is 0 Å². The molecule has 0 N–H and O–H groups in total. The molecule has 0 aliphatic rings. The van der Waals surface area contributed by atoms with Crippen LogP contribution in [0.1, 0.15) is 45.9 Å². The normalized spacial score (nSPS) is 11.8. The maximum atomic E-state index is 2.45. The van der Waals surface area contributed by atoms with Crippen LogP contribution in [-0.2, 0) is 38.5 Å². The minimum absolute atomic E-state index is 1.10. The molecular weight excluding hydrogens is 521 g/mol. The molecule has 0 aliphatic carbocycles. The van der Waals surface area contributed by atoms with Gasteiger partial charge in [-0.2, -0.15) is 0 Å². The van der Waals surface area contributed by atoms with Gasteiger partial charge in [0, 0.05) is 29.9 Å². The zero-order valence-corrected chi connectivity index (χ0v) is 24.9. The summed E-state index contributed by atoms with van der Waals surface area (Å²) in [6, 6.07) is 37.4. The van der Waals surface area contributed by atoms with Crippen LogP contribution in [0, 0.1) is 0 Å². The minimum atomic E-state index is 1.10. The Hall–Kier alpha value is -3.46. The minimum Gasteiger partial charge on any atom is -0.140 e. The number of fused-ring (bicyclic) bond motifs is 6. The summed E-state index contributed by atoms with van der Waals surface area (Å²) in [6.45, 7) is 4.43. The maximum absolute atomic E-state index is 2.45. The smallest absolute Gasteiger partial charge is 0.0352 e. The van der Waals surface area contributed by atoms with Gasteiger partial charge in [0.05, 0.1) is 0 Å². The summed E-state index contributed by atoms with van der Waals surface area (Å²) in [7, 11) is 0. The molecule has 5 aromatic carbocycles. The van der Waals surface area contributed by atoms with Crippen molar-refractivity contribution in [1.82, 2.24) is 0 Å². The lowest BCUT2D eigenvalue weighted by Gasteiger charge is -2.05. The van der Waals surface area contributed by atoms with Crippen molar-refractivity contribution in [1.29, 1.82) is 0 Å². The molecule has 0 unspecified atom stereocenters. The van der Waals surface area contributed by atoms with E-state index >= 15 is 0 Å². The topological polar surface area (TPSA) is 0 Å². The zero-order chi connectivity index (χ0) is 27.1. The van der Waals surface area contributed by atoms with E-state index in [0.717, 1.165) is 38.5 Å². The van der Waals surface area contributed by atoms with Crippen LogP contribution in [-0.4, -0.2) is 0 Å². The summed E-state index contributed by atoms with van der Waals surface area (Å²) in [4.78, 5) is 2.95. The molecule has 0 saturated heterocycles. The van der Waals surface area contributed by atoms with Crippen LogP contribution in [0.5, 0.6) is 0 Å². The second-order valence-corrected chi connectivity index (χ2v) is 13.4. The summed E-state index contributed by atoms with van der Waals surface area (Å²) in [5.74, 6) is 0. The molecule has 0 amide bonds. The van der Waals surface area contributed by atoms with E-state index in [4.69, 9.17) is 0 Å². The van der Waals surface area contributed by atoms with E-state index in [-0.39, 0.29) is 0 Å². The van der Waals surface area contributed by atoms with E-state index in [1.807, 2.05) is 22.7 Å². The fraction of sp³-hybridized carbons (Fsp3) is 0.211. The number of benzene rings is 5. The highest BCUT2D eigenvalue weighted by atomic mass is 32.1. The van der Waals surface area contributed by atoms with Gasteiger partial charge in [0.1, 0.15) is 0 Å². The second kappa shape index (κ2) is 10.8. The first-order valence-electron chi connectivity index (χ1n) is 14.6. The van der Waals surface area contributed by atoms with Crippen molar-refractivity contribution in [3.8, 4) is 0 Å². The molecule has 0 aliphatic heterocycles. The molecular formula is C38H34S2. The third-order valence-corrected chi connectivity index (χ3v) is 10.8. The second-order valence-electron chi connectivity index (χ2n) is 11.0. The first-order valence-corrected chi connectivity index (χ1v) is 16.3. The Kier molecular flexibility index (Phi) is 6.91. The third kappa shape index (κ3) is 4.96. The van der Waals surface area contributed by atoms with Crippen molar-refractivity contribution >= 4 is 64.4 Å². The van der Waals surface area contributed by atoms with Crippen LogP contribution in [0.4, 0.5) is 0 Å². The van der Waals surface area contributed by atoms with Crippen LogP contribution in [0.25, 0.3) is 41.7 Å². The summed E-state index contributed by atoms with van der Waals surface area (Å²) >= 11 is 3.92. The van der Waals surface area contributed by atoms with Crippen LogP contribution in [0.3, 0.4) is 0 Å². The van der Waals surface area contributed by atoms with E-state index < -0.39 is 0 Å². The molecule has 2 heteroatoms. The van der Waals surface area contributed by atoms with Gasteiger partial charge in [-0.3, -0.25) is 0 Å². The molecule has 2 heterocycles. The van der Waals surface area contributed by atoms with Crippen molar-refractivity contribution in [2.45, 2.75) is 52.4 Å². The summed E-state index contributed by atoms with van der Waals surface area (Å²) in [6.07, 6.45) is 6.60. The lowest BCUT2D eigenvalue weighted by Crippen LogP contribution is -1.89. The number of hydrogen-bond donors (Lipinski definition) is 0. The van der Waals surface area contributed by atoms with Gasteiger partial charge in [-0.1, -0.05) is 74.5 Å². The third-order valence-electron chi connectivity index (χ3n) is 8.44. The van der Waals surface area contributed by atoms with Gasteiger partial charge in [-0.05, 0) is 119 Å². The summed E-state index contributed by atoms with van der Waals surface area (Å²) in [5, 5.41) is 8.25. The Morgan fingerprint density at radius 1 is 0.400 bits per heavy atom. The first-order chi connectivity index (χ1) is 19.7. The van der Waals surface area contributed by atoms with E-state index in [1.165, 1.54) is 73.7 Å². The maximum Gasteiger partial charge on any atom is 0.0352 e. The average molecular weight is 555 g/mol. The van der Waals surface area contributed by atoms with Crippen molar-refractivity contribution in [2.75, 3.05) is 0 Å². The standard InChI is InChI=1S/C38H34S2/c1-3-25-5-9-27(10-6-25)13-17-31-23-35-33-21-30-16-20-38-36(34(30)22-29(33)15-19-37(35)39-31)24-32(40-38)18-14-28-11-7-26(4-2)8-12-28/h5-12,15-16,19-24H,3-4,13-14,17-18H2,1-2H3. The Balaban J connectivity index is 1.17. The van der Waals surface area contributed by atoms with Gasteiger partial charge in [0.15, 0.2) is 0 Å². The molecule has 7 rings (SSSR count). The molecule has 0 saturated carbocycles. The number of thiophene rings is 2.